The van der Waals surface area contributed by atoms with Crippen molar-refractivity contribution in [2.45, 2.75) is 34.6 Å². The molecule has 2 aliphatic rings. The number of quaternary nitrogens is 3. The van der Waals surface area contributed by atoms with Crippen LogP contribution >= 0.6 is 11.1 Å². The predicted molar refractivity (Wildman–Crippen MR) is 87.4 cm³/mol. The van der Waals surface area contributed by atoms with Crippen molar-refractivity contribution >= 4 is 18.9 Å². The predicted octanol–water partition coefficient (Wildman–Crippen LogP) is 1.70. The third kappa shape index (κ3) is 1.55. The van der Waals surface area contributed by atoms with Gasteiger partial charge in [-0.1, -0.05) is 0 Å². The minimum absolute atomic E-state index is 1.25. The van der Waals surface area contributed by atoms with Crippen molar-refractivity contribution in [1.82, 2.24) is 0 Å². The fourth-order valence-corrected chi connectivity index (χ4v) is 19.3. The Morgan fingerprint density at radius 1 is 0.684 bits per heavy atom. The molecule has 0 aliphatic carbocycles. The summed E-state index contributed by atoms with van der Waals surface area (Å²) >= 11 is 7.78. The molecule has 2 heterocycles. The fourth-order valence-electron chi connectivity index (χ4n) is 6.49. The normalized spacial score (nSPS) is 36.1. The van der Waals surface area contributed by atoms with Crippen LogP contribution in [0.3, 0.4) is 0 Å². The van der Waals surface area contributed by atoms with Gasteiger partial charge in [0.25, 0.3) is 0 Å². The molecule has 0 atom stereocenters. The van der Waals surface area contributed by atoms with E-state index in [1.807, 2.05) is 0 Å². The summed E-state index contributed by atoms with van der Waals surface area (Å²) in [6.45, 7) is 23.6. The van der Waals surface area contributed by atoms with Crippen LogP contribution in [-0.2, 0) is 0 Å². The summed E-state index contributed by atoms with van der Waals surface area (Å²) in [4.78, 5) is 0. The first-order valence-corrected chi connectivity index (χ1v) is 12.6. The molecule has 0 aromatic carbocycles. The molecule has 0 saturated carbocycles. The zero-order chi connectivity index (χ0) is 14.4. The summed E-state index contributed by atoms with van der Waals surface area (Å²) in [5.41, 5.74) is 0. The van der Waals surface area contributed by atoms with Gasteiger partial charge in [0, 0.05) is 0 Å². The third-order valence-corrected chi connectivity index (χ3v) is 21.2. The van der Waals surface area contributed by atoms with Crippen LogP contribution in [0.2, 0.25) is 0 Å². The Hall–Kier alpha value is 0.387. The Morgan fingerprint density at radius 3 is 1.32 bits per heavy atom. The van der Waals surface area contributed by atoms with E-state index in [0.29, 0.717) is 0 Å². The second-order valence-electron chi connectivity index (χ2n) is 7.28. The topological polar surface area (TPSA) is 0 Å². The molecule has 0 aromatic heterocycles. The van der Waals surface area contributed by atoms with Crippen molar-refractivity contribution < 1.29 is 12.4 Å². The van der Waals surface area contributed by atoms with E-state index in [9.17, 15) is 0 Å². The van der Waals surface area contributed by atoms with E-state index in [-0.39, 0.29) is 0 Å². The summed E-state index contributed by atoms with van der Waals surface area (Å²) in [7, 11) is -2.71. The Kier molecular flexibility index (Phi) is 4.14. The molecule has 116 valence electrons. The Labute approximate surface area is 125 Å². The quantitative estimate of drug-likeness (QED) is 0.536. The SMILES string of the molecule is CC[N+]1(CC)CC[N+]2(CC)CC[N+](CC)(CC)[SiH2-2]12Cl. The van der Waals surface area contributed by atoms with Crippen molar-refractivity contribution in [1.29, 1.82) is 0 Å². The maximum absolute atomic E-state index is 7.78. The number of likely N-dealkylation sites (N-methyl/N-ethyl adjacent to an activating group) is 3. The summed E-state index contributed by atoms with van der Waals surface area (Å²) in [5.74, 6) is 0. The Balaban J connectivity index is 2.61. The number of fused-ring (bicyclic) bond motifs is 1. The molecular formula is C14H35ClN3Si+. The van der Waals surface area contributed by atoms with E-state index in [2.05, 4.69) is 34.6 Å². The fraction of sp³-hybridized carbons (Fsp3) is 1.00. The number of halogens is 1. The van der Waals surface area contributed by atoms with Crippen LogP contribution < -0.4 is 0 Å². The van der Waals surface area contributed by atoms with Crippen LogP contribution in [-0.4, -0.2) is 79.2 Å². The monoisotopic (exact) mass is 308 g/mol. The molecule has 0 N–H and O–H groups in total. The van der Waals surface area contributed by atoms with Crippen molar-refractivity contribution in [3.8, 4) is 0 Å². The first-order valence-electron chi connectivity index (χ1n) is 8.60. The van der Waals surface area contributed by atoms with Crippen LogP contribution in [0.25, 0.3) is 0 Å². The number of hydrogen-bond acceptors (Lipinski definition) is 0. The molecule has 0 aromatic rings. The van der Waals surface area contributed by atoms with Crippen molar-refractivity contribution in [3.05, 3.63) is 0 Å². The van der Waals surface area contributed by atoms with Gasteiger partial charge in [-0.3, -0.25) is 0 Å². The number of hydrogen-bond donors (Lipinski definition) is 0. The summed E-state index contributed by atoms with van der Waals surface area (Å²) in [6, 6.07) is 0. The molecule has 2 fully saturated rings. The van der Waals surface area contributed by atoms with Crippen LogP contribution in [0.1, 0.15) is 34.6 Å². The molecule has 5 heteroatoms. The summed E-state index contributed by atoms with van der Waals surface area (Å²) < 4.78 is 3.92. The van der Waals surface area contributed by atoms with Crippen LogP contribution in [0.15, 0.2) is 0 Å². The van der Waals surface area contributed by atoms with E-state index in [4.69, 9.17) is 11.1 Å². The van der Waals surface area contributed by atoms with E-state index in [1.54, 1.807) is 0 Å². The molecule has 2 rings (SSSR count). The zero-order valence-electron chi connectivity index (χ0n) is 13.8. The van der Waals surface area contributed by atoms with Gasteiger partial charge in [-0.05, 0) is 0 Å². The Morgan fingerprint density at radius 2 is 1.05 bits per heavy atom. The van der Waals surface area contributed by atoms with Gasteiger partial charge in [0.2, 0.25) is 0 Å². The van der Waals surface area contributed by atoms with Gasteiger partial charge in [0.1, 0.15) is 0 Å². The van der Waals surface area contributed by atoms with Crippen LogP contribution in [0, 0.1) is 0 Å². The molecule has 19 heavy (non-hydrogen) atoms. The number of nitrogens with zero attached hydrogens (tertiary/aromatic N) is 3. The average Bonchev–Trinajstić information content (AvgIpc) is 2.86. The first kappa shape index (κ1) is 15.8. The average molecular weight is 309 g/mol. The second-order valence-corrected chi connectivity index (χ2v) is 15.0. The van der Waals surface area contributed by atoms with E-state index in [1.165, 1.54) is 71.3 Å². The molecule has 0 unspecified atom stereocenters. The van der Waals surface area contributed by atoms with Crippen molar-refractivity contribution in [3.63, 3.8) is 0 Å². The molecule has 2 saturated heterocycles. The van der Waals surface area contributed by atoms with Gasteiger partial charge in [-0.15, -0.1) is 0 Å². The molecule has 0 amide bonds. The van der Waals surface area contributed by atoms with Crippen LogP contribution in [0.5, 0.6) is 0 Å². The van der Waals surface area contributed by atoms with E-state index in [0.717, 1.165) is 0 Å². The van der Waals surface area contributed by atoms with Crippen molar-refractivity contribution in [2.75, 3.05) is 58.9 Å². The van der Waals surface area contributed by atoms with Crippen molar-refractivity contribution in [2.24, 2.45) is 0 Å². The first-order chi connectivity index (χ1) is 8.97. The van der Waals surface area contributed by atoms with Crippen LogP contribution in [0.4, 0.5) is 0 Å². The molecular weight excluding hydrogens is 274 g/mol. The van der Waals surface area contributed by atoms with Gasteiger partial charge in [-0.25, -0.2) is 0 Å². The molecule has 3 nitrogen and oxygen atoms in total. The number of rotatable bonds is 5. The standard InChI is InChI=1S/C14H35ClN3Si/c1-6-16(7-2)11-13-18(10-5)14-12-17(8-3,9-4)19(16,18)15/h6-14,19H2,1-5H3/q+1. The van der Waals surface area contributed by atoms with E-state index < -0.39 is 7.87 Å². The molecule has 0 spiro atoms. The molecule has 0 radical (unpaired) electrons. The summed E-state index contributed by atoms with van der Waals surface area (Å²) in [6.07, 6.45) is 0. The van der Waals surface area contributed by atoms with Gasteiger partial charge in [0.15, 0.2) is 0 Å². The van der Waals surface area contributed by atoms with Gasteiger partial charge in [0.05, 0.1) is 0 Å². The Bertz CT molecular complexity index is 316. The molecule has 2 aliphatic heterocycles. The third-order valence-electron chi connectivity index (χ3n) is 8.01. The van der Waals surface area contributed by atoms with Gasteiger partial charge >= 0.3 is 125 Å². The minimum atomic E-state index is -2.71. The zero-order valence-corrected chi connectivity index (χ0v) is 16.0. The van der Waals surface area contributed by atoms with E-state index >= 15 is 0 Å². The summed E-state index contributed by atoms with van der Waals surface area (Å²) in [5, 5.41) is 0. The second kappa shape index (κ2) is 4.99. The van der Waals surface area contributed by atoms with Gasteiger partial charge < -0.3 is 0 Å². The maximum atomic E-state index is 7.78. The molecule has 0 bridgehead atoms. The van der Waals surface area contributed by atoms with Gasteiger partial charge in [-0.2, -0.15) is 0 Å².